The fraction of sp³-hybridized carbons (Fsp3) is 0.286. The molecule has 156 valence electrons. The molecule has 3 heterocycles. The number of nitrogens with one attached hydrogen (secondary N) is 1. The molecule has 2 aromatic carbocycles. The van der Waals surface area contributed by atoms with E-state index in [1.807, 2.05) is 48.7 Å². The van der Waals surface area contributed by atoms with Crippen molar-refractivity contribution in [3.8, 4) is 22.8 Å². The molecule has 0 aliphatic carbocycles. The third kappa shape index (κ3) is 3.48. The van der Waals surface area contributed by atoms with Gasteiger partial charge in [0.05, 0.1) is 17.6 Å². The zero-order valence-electron chi connectivity index (χ0n) is 16.6. The smallest absolute Gasteiger partial charge is 0.232 e. The number of anilines is 3. The highest BCUT2D eigenvalue weighted by molar-refractivity contribution is 7.92. The highest BCUT2D eigenvalue weighted by Gasteiger charge is 2.32. The summed E-state index contributed by atoms with van der Waals surface area (Å²) in [7, 11) is -3.29. The summed E-state index contributed by atoms with van der Waals surface area (Å²) in [5.41, 5.74) is 4.50. The SMILES string of the molecule is CC1Cc2cc(-c3csc(Nc4ccc5c(c4)OCCO5)n3)ccc2N1S(C)(=O)=O. The molecule has 1 atom stereocenters. The molecule has 9 heteroatoms. The molecule has 1 unspecified atom stereocenters. The molecule has 1 aromatic heterocycles. The Bertz CT molecular complexity index is 1220. The van der Waals surface area contributed by atoms with Gasteiger partial charge in [0.2, 0.25) is 10.0 Å². The third-order valence-electron chi connectivity index (χ3n) is 5.18. The molecule has 0 fully saturated rings. The van der Waals surface area contributed by atoms with E-state index in [1.54, 1.807) is 0 Å². The fourth-order valence-corrected chi connectivity index (χ4v) is 5.98. The van der Waals surface area contributed by atoms with E-state index in [0.29, 0.717) is 19.6 Å². The number of thiazole rings is 1. The van der Waals surface area contributed by atoms with Crippen LogP contribution in [0.3, 0.4) is 0 Å². The van der Waals surface area contributed by atoms with Crippen molar-refractivity contribution in [2.24, 2.45) is 0 Å². The Morgan fingerprint density at radius 3 is 2.73 bits per heavy atom. The normalized spacial score (nSPS) is 17.7. The van der Waals surface area contributed by atoms with Gasteiger partial charge in [0.15, 0.2) is 16.6 Å². The molecule has 0 amide bonds. The summed E-state index contributed by atoms with van der Waals surface area (Å²) in [6.07, 6.45) is 1.95. The van der Waals surface area contributed by atoms with E-state index in [0.717, 1.165) is 44.8 Å². The maximum absolute atomic E-state index is 12.1. The highest BCUT2D eigenvalue weighted by Crippen LogP contribution is 2.38. The molecule has 30 heavy (non-hydrogen) atoms. The van der Waals surface area contributed by atoms with Crippen molar-refractivity contribution in [2.45, 2.75) is 19.4 Å². The number of aromatic nitrogens is 1. The molecule has 3 aromatic rings. The molecule has 2 aliphatic rings. The summed E-state index contributed by atoms with van der Waals surface area (Å²) in [5.74, 6) is 1.48. The number of nitrogens with zero attached hydrogens (tertiary/aromatic N) is 2. The van der Waals surface area contributed by atoms with Crippen molar-refractivity contribution in [2.75, 3.05) is 29.1 Å². The predicted molar refractivity (Wildman–Crippen MR) is 119 cm³/mol. The Morgan fingerprint density at radius 1 is 1.13 bits per heavy atom. The van der Waals surface area contributed by atoms with Gasteiger partial charge in [-0.05, 0) is 43.2 Å². The first-order valence-corrected chi connectivity index (χ1v) is 12.4. The van der Waals surface area contributed by atoms with Crippen LogP contribution in [0.2, 0.25) is 0 Å². The van der Waals surface area contributed by atoms with Crippen LogP contribution in [-0.2, 0) is 16.4 Å². The molecular formula is C21H21N3O4S2. The minimum absolute atomic E-state index is 0.0758. The van der Waals surface area contributed by atoms with Crippen LogP contribution in [0.4, 0.5) is 16.5 Å². The monoisotopic (exact) mass is 443 g/mol. The van der Waals surface area contributed by atoms with Crippen molar-refractivity contribution < 1.29 is 17.9 Å². The van der Waals surface area contributed by atoms with Crippen LogP contribution >= 0.6 is 11.3 Å². The van der Waals surface area contributed by atoms with Crippen LogP contribution in [0.15, 0.2) is 41.8 Å². The molecular weight excluding hydrogens is 422 g/mol. The minimum atomic E-state index is -3.29. The van der Waals surface area contributed by atoms with Gasteiger partial charge >= 0.3 is 0 Å². The minimum Gasteiger partial charge on any atom is -0.486 e. The van der Waals surface area contributed by atoms with E-state index >= 15 is 0 Å². The van der Waals surface area contributed by atoms with Gasteiger partial charge in [0.1, 0.15) is 13.2 Å². The number of fused-ring (bicyclic) bond motifs is 2. The number of sulfonamides is 1. The lowest BCUT2D eigenvalue weighted by Crippen LogP contribution is -2.34. The summed E-state index contributed by atoms with van der Waals surface area (Å²) in [5, 5.41) is 6.08. The number of ether oxygens (including phenoxy) is 2. The molecule has 0 radical (unpaired) electrons. The molecule has 0 saturated heterocycles. The zero-order valence-corrected chi connectivity index (χ0v) is 18.2. The maximum atomic E-state index is 12.1. The number of hydrogen-bond donors (Lipinski definition) is 1. The van der Waals surface area contributed by atoms with Gasteiger partial charge in [0.25, 0.3) is 0 Å². The third-order valence-corrected chi connectivity index (χ3v) is 7.21. The van der Waals surface area contributed by atoms with Gasteiger partial charge in [-0.25, -0.2) is 13.4 Å². The van der Waals surface area contributed by atoms with Crippen LogP contribution in [-0.4, -0.2) is 38.9 Å². The van der Waals surface area contributed by atoms with Gasteiger partial charge < -0.3 is 14.8 Å². The van der Waals surface area contributed by atoms with E-state index in [9.17, 15) is 8.42 Å². The Labute approximate surface area is 179 Å². The first-order chi connectivity index (χ1) is 14.4. The van der Waals surface area contributed by atoms with E-state index in [-0.39, 0.29) is 6.04 Å². The standard InChI is InChI=1S/C21H21N3O4S2/c1-13-9-15-10-14(3-5-18(15)24(13)30(2,25)26)17-12-29-21(23-17)22-16-4-6-19-20(11-16)28-8-7-27-19/h3-6,10-13H,7-9H2,1-2H3,(H,22,23). The Morgan fingerprint density at radius 2 is 1.93 bits per heavy atom. The molecule has 0 saturated carbocycles. The number of rotatable bonds is 4. The molecule has 5 rings (SSSR count). The van der Waals surface area contributed by atoms with Crippen LogP contribution in [0.1, 0.15) is 12.5 Å². The lowest BCUT2D eigenvalue weighted by atomic mass is 10.1. The largest absolute Gasteiger partial charge is 0.486 e. The van der Waals surface area contributed by atoms with Crippen molar-refractivity contribution in [1.82, 2.24) is 4.98 Å². The van der Waals surface area contributed by atoms with Crippen molar-refractivity contribution in [3.63, 3.8) is 0 Å². The molecule has 1 N–H and O–H groups in total. The quantitative estimate of drug-likeness (QED) is 0.656. The number of benzene rings is 2. The summed E-state index contributed by atoms with van der Waals surface area (Å²) in [4.78, 5) is 4.70. The second-order valence-electron chi connectivity index (χ2n) is 7.48. The predicted octanol–water partition coefficient (Wildman–Crippen LogP) is 4.04. The lowest BCUT2D eigenvalue weighted by molar-refractivity contribution is 0.171. The van der Waals surface area contributed by atoms with Crippen LogP contribution in [0.5, 0.6) is 11.5 Å². The second kappa shape index (κ2) is 7.17. The Hall–Kier alpha value is -2.78. The molecule has 2 aliphatic heterocycles. The van der Waals surface area contributed by atoms with E-state index < -0.39 is 10.0 Å². The second-order valence-corrected chi connectivity index (χ2v) is 10.2. The first-order valence-electron chi connectivity index (χ1n) is 9.63. The van der Waals surface area contributed by atoms with E-state index in [1.165, 1.54) is 21.9 Å². The van der Waals surface area contributed by atoms with Crippen LogP contribution in [0.25, 0.3) is 11.3 Å². The fourth-order valence-electron chi connectivity index (χ4n) is 3.98. The first kappa shape index (κ1) is 19.2. The Kier molecular flexibility index (Phi) is 4.59. The summed E-state index contributed by atoms with van der Waals surface area (Å²) in [6, 6.07) is 11.5. The summed E-state index contributed by atoms with van der Waals surface area (Å²) < 4.78 is 36.9. The topological polar surface area (TPSA) is 80.8 Å². The van der Waals surface area contributed by atoms with E-state index in [2.05, 4.69) is 5.32 Å². The zero-order chi connectivity index (χ0) is 20.9. The van der Waals surface area contributed by atoms with Gasteiger partial charge in [-0.15, -0.1) is 11.3 Å². The average molecular weight is 444 g/mol. The molecule has 0 spiro atoms. The van der Waals surface area contributed by atoms with Crippen LogP contribution < -0.4 is 19.1 Å². The molecule has 7 nitrogen and oxygen atoms in total. The van der Waals surface area contributed by atoms with E-state index in [4.69, 9.17) is 14.5 Å². The van der Waals surface area contributed by atoms with Crippen molar-refractivity contribution in [1.29, 1.82) is 0 Å². The number of hydrogen-bond acceptors (Lipinski definition) is 7. The molecule has 0 bridgehead atoms. The lowest BCUT2D eigenvalue weighted by Gasteiger charge is -2.21. The van der Waals surface area contributed by atoms with Gasteiger partial charge in [-0.2, -0.15) is 0 Å². The summed E-state index contributed by atoms with van der Waals surface area (Å²) >= 11 is 1.51. The van der Waals surface area contributed by atoms with Crippen molar-refractivity contribution in [3.05, 3.63) is 47.3 Å². The average Bonchev–Trinajstić information content (AvgIpc) is 3.30. The Balaban J connectivity index is 1.38. The van der Waals surface area contributed by atoms with Gasteiger partial charge in [-0.1, -0.05) is 6.07 Å². The maximum Gasteiger partial charge on any atom is 0.232 e. The van der Waals surface area contributed by atoms with Gasteiger partial charge in [0, 0.05) is 28.7 Å². The van der Waals surface area contributed by atoms with Crippen molar-refractivity contribution >= 4 is 37.9 Å². The summed E-state index contributed by atoms with van der Waals surface area (Å²) in [6.45, 7) is 3.04. The van der Waals surface area contributed by atoms with Crippen LogP contribution in [0, 0.1) is 0 Å². The highest BCUT2D eigenvalue weighted by atomic mass is 32.2. The van der Waals surface area contributed by atoms with Gasteiger partial charge in [-0.3, -0.25) is 4.31 Å².